The smallest absolute Gasteiger partial charge is 0.303 e. The topological polar surface area (TPSA) is 77.5 Å². The largest absolute Gasteiger partial charge is 0.481 e. The zero-order valence-corrected chi connectivity index (χ0v) is 24.1. The van der Waals surface area contributed by atoms with E-state index in [0.29, 0.717) is 18.9 Å². The zero-order valence-electron chi connectivity index (χ0n) is 24.1. The Labute approximate surface area is 244 Å². The summed E-state index contributed by atoms with van der Waals surface area (Å²) in [6.45, 7) is 4.61. The van der Waals surface area contributed by atoms with Gasteiger partial charge in [0, 0.05) is 44.5 Å². The van der Waals surface area contributed by atoms with Crippen molar-refractivity contribution in [3.63, 3.8) is 0 Å². The Morgan fingerprint density at radius 1 is 0.927 bits per heavy atom. The van der Waals surface area contributed by atoms with E-state index in [1.807, 2.05) is 12.1 Å². The summed E-state index contributed by atoms with van der Waals surface area (Å²) in [5.74, 6) is -0.456. The van der Waals surface area contributed by atoms with Crippen LogP contribution < -0.4 is 0 Å². The maximum atomic E-state index is 10.9. The number of allylic oxidation sites excluding steroid dienone is 2. The predicted octanol–water partition coefficient (Wildman–Crippen LogP) is 6.07. The molecule has 0 spiro atoms. The van der Waals surface area contributed by atoms with E-state index >= 15 is 0 Å². The minimum absolute atomic E-state index is 0.0441. The van der Waals surface area contributed by atoms with Crippen molar-refractivity contribution in [3.8, 4) is 11.1 Å². The van der Waals surface area contributed by atoms with E-state index in [1.54, 1.807) is 0 Å². The second kappa shape index (κ2) is 15.6. The summed E-state index contributed by atoms with van der Waals surface area (Å²) < 4.78 is 25.1. The second-order valence-corrected chi connectivity index (χ2v) is 11.4. The molecule has 222 valence electrons. The molecule has 2 heterocycles. The molecule has 5 unspecified atom stereocenters. The zero-order chi connectivity index (χ0) is 28.3. The molecule has 5 rings (SSSR count). The van der Waals surface area contributed by atoms with Crippen LogP contribution in [0.1, 0.15) is 56.9 Å². The number of ether oxygens (including phenoxy) is 4. The molecular weight excluding hydrogens is 518 g/mol. The Bertz CT molecular complexity index is 1080. The first-order valence-electron chi connectivity index (χ1n) is 15.4. The summed E-state index contributed by atoms with van der Waals surface area (Å²) in [5.41, 5.74) is 3.58. The van der Waals surface area contributed by atoms with E-state index in [-0.39, 0.29) is 31.0 Å². The van der Waals surface area contributed by atoms with Gasteiger partial charge in [-0.25, -0.2) is 0 Å². The van der Waals surface area contributed by atoms with Gasteiger partial charge in [-0.1, -0.05) is 66.7 Å². The van der Waals surface area contributed by atoms with Gasteiger partial charge in [0.05, 0.1) is 32.0 Å². The lowest BCUT2D eigenvalue weighted by Gasteiger charge is -2.40. The van der Waals surface area contributed by atoms with Gasteiger partial charge >= 0.3 is 5.97 Å². The highest BCUT2D eigenvalue weighted by molar-refractivity contribution is 5.66. The van der Waals surface area contributed by atoms with Gasteiger partial charge in [-0.15, -0.1) is 0 Å². The molecule has 0 amide bonds. The van der Waals surface area contributed by atoms with Gasteiger partial charge in [0.15, 0.2) is 6.29 Å². The number of carboxylic acids is 1. The first-order chi connectivity index (χ1) is 20.2. The Morgan fingerprint density at radius 3 is 2.41 bits per heavy atom. The monoisotopic (exact) mass is 563 g/mol. The van der Waals surface area contributed by atoms with Crippen LogP contribution in [0.2, 0.25) is 0 Å². The number of carbonyl (C=O) groups is 1. The van der Waals surface area contributed by atoms with Gasteiger partial charge < -0.3 is 24.1 Å². The Kier molecular flexibility index (Phi) is 11.4. The van der Waals surface area contributed by atoms with Gasteiger partial charge in [0.25, 0.3) is 0 Å². The van der Waals surface area contributed by atoms with E-state index in [4.69, 9.17) is 24.1 Å². The van der Waals surface area contributed by atoms with Gasteiger partial charge in [0.2, 0.25) is 0 Å². The molecule has 0 radical (unpaired) electrons. The third-order valence-corrected chi connectivity index (χ3v) is 8.58. The van der Waals surface area contributed by atoms with E-state index in [1.165, 1.54) is 16.7 Å². The fourth-order valence-corrected chi connectivity index (χ4v) is 6.48. The van der Waals surface area contributed by atoms with Crippen molar-refractivity contribution in [2.24, 2.45) is 5.92 Å². The fraction of sp³-hybridized carbons (Fsp3) is 0.559. The van der Waals surface area contributed by atoms with Crippen LogP contribution >= 0.6 is 0 Å². The van der Waals surface area contributed by atoms with E-state index in [2.05, 4.69) is 59.5 Å². The molecule has 41 heavy (non-hydrogen) atoms. The maximum Gasteiger partial charge on any atom is 0.303 e. The van der Waals surface area contributed by atoms with Crippen molar-refractivity contribution in [3.05, 3.63) is 72.3 Å². The minimum Gasteiger partial charge on any atom is -0.481 e. The van der Waals surface area contributed by atoms with Gasteiger partial charge in [-0.05, 0) is 55.2 Å². The average Bonchev–Trinajstić information content (AvgIpc) is 3.35. The molecule has 3 aliphatic rings. The van der Waals surface area contributed by atoms with E-state index in [0.717, 1.165) is 71.4 Å². The molecule has 1 aliphatic carbocycles. The molecular formula is C34H45NO6. The van der Waals surface area contributed by atoms with Crippen LogP contribution in [0.25, 0.3) is 11.1 Å². The molecule has 2 aromatic rings. The number of nitrogens with zero attached hydrogens (tertiary/aromatic N) is 1. The van der Waals surface area contributed by atoms with Gasteiger partial charge in [-0.3, -0.25) is 9.69 Å². The molecule has 3 fully saturated rings. The third kappa shape index (κ3) is 8.72. The van der Waals surface area contributed by atoms with E-state index in [9.17, 15) is 4.79 Å². The van der Waals surface area contributed by atoms with Crippen molar-refractivity contribution in [2.45, 2.75) is 82.5 Å². The number of carboxylic acid groups (broad SMARTS) is 1. The van der Waals surface area contributed by atoms with Crippen molar-refractivity contribution in [2.75, 3.05) is 32.9 Å². The predicted molar refractivity (Wildman–Crippen MR) is 158 cm³/mol. The maximum absolute atomic E-state index is 10.9. The van der Waals surface area contributed by atoms with Crippen LogP contribution in [0.3, 0.4) is 0 Å². The Hall–Kier alpha value is -2.55. The molecule has 2 saturated heterocycles. The van der Waals surface area contributed by atoms with Crippen molar-refractivity contribution >= 4 is 5.97 Å². The molecule has 1 saturated carbocycles. The number of aliphatic carboxylic acids is 1. The van der Waals surface area contributed by atoms with E-state index < -0.39 is 5.97 Å². The molecule has 5 atom stereocenters. The number of rotatable bonds is 13. The SMILES string of the molecule is O=C(O)CCC=CCCC1C(OCc2ccc(-c3ccccc3)cc2)CC(OC2CCCCO2)C1N1CCOCC1. The number of hydrogen-bond acceptors (Lipinski definition) is 6. The summed E-state index contributed by atoms with van der Waals surface area (Å²) >= 11 is 0. The minimum atomic E-state index is -0.756. The van der Waals surface area contributed by atoms with Crippen molar-refractivity contribution in [1.29, 1.82) is 0 Å². The summed E-state index contributed by atoms with van der Waals surface area (Å²) in [5, 5.41) is 8.96. The lowest BCUT2D eigenvalue weighted by Crippen LogP contribution is -2.51. The standard InChI is InChI=1S/C34H45NO6/c36-32(37)13-7-2-1-6-12-29-30(40-25-26-15-17-28(18-16-26)27-10-4-3-5-11-27)24-31(41-33-14-8-9-21-39-33)34(29)35-19-22-38-23-20-35/h1-5,10-11,15-18,29-31,33-34H,6-9,12-14,19-25H2,(H,36,37). The fourth-order valence-electron chi connectivity index (χ4n) is 6.48. The van der Waals surface area contributed by atoms with Crippen LogP contribution in [-0.2, 0) is 30.3 Å². The molecule has 0 bridgehead atoms. The van der Waals surface area contributed by atoms with Crippen molar-refractivity contribution < 1.29 is 28.8 Å². The quantitative estimate of drug-likeness (QED) is 0.296. The second-order valence-electron chi connectivity index (χ2n) is 11.4. The lowest BCUT2D eigenvalue weighted by molar-refractivity contribution is -0.200. The van der Waals surface area contributed by atoms with Crippen LogP contribution in [0, 0.1) is 5.92 Å². The number of morpholine rings is 1. The highest BCUT2D eigenvalue weighted by Gasteiger charge is 2.48. The summed E-state index contributed by atoms with van der Waals surface area (Å²) in [6, 6.07) is 19.3. The lowest BCUT2D eigenvalue weighted by atomic mass is 9.93. The summed E-state index contributed by atoms with van der Waals surface area (Å²) in [7, 11) is 0. The van der Waals surface area contributed by atoms with Gasteiger partial charge in [-0.2, -0.15) is 0 Å². The Morgan fingerprint density at radius 2 is 1.68 bits per heavy atom. The molecule has 2 aromatic carbocycles. The first-order valence-corrected chi connectivity index (χ1v) is 15.4. The third-order valence-electron chi connectivity index (χ3n) is 8.58. The molecule has 0 aromatic heterocycles. The number of benzene rings is 2. The first kappa shape index (κ1) is 29.9. The molecule has 1 N–H and O–H groups in total. The summed E-state index contributed by atoms with van der Waals surface area (Å²) in [4.78, 5) is 13.4. The Balaban J connectivity index is 1.28. The molecule has 2 aliphatic heterocycles. The van der Waals surface area contributed by atoms with Crippen LogP contribution in [0.5, 0.6) is 0 Å². The average molecular weight is 564 g/mol. The number of hydrogen-bond donors (Lipinski definition) is 1. The highest BCUT2D eigenvalue weighted by atomic mass is 16.7. The van der Waals surface area contributed by atoms with Gasteiger partial charge in [0.1, 0.15) is 0 Å². The normalized spacial score (nSPS) is 27.4. The summed E-state index contributed by atoms with van der Waals surface area (Å²) in [6.07, 6.45) is 10.7. The van der Waals surface area contributed by atoms with Crippen LogP contribution in [0.15, 0.2) is 66.7 Å². The molecule has 7 heteroatoms. The van der Waals surface area contributed by atoms with Crippen LogP contribution in [0.4, 0.5) is 0 Å². The molecule has 7 nitrogen and oxygen atoms in total. The highest BCUT2D eigenvalue weighted by Crippen LogP contribution is 2.40. The van der Waals surface area contributed by atoms with Crippen molar-refractivity contribution in [1.82, 2.24) is 4.90 Å². The van der Waals surface area contributed by atoms with Crippen LogP contribution in [-0.4, -0.2) is 73.4 Å².